The molecule has 2 aliphatic rings. The van der Waals surface area contributed by atoms with Gasteiger partial charge in [0.05, 0.1) is 12.2 Å². The number of hydrogen-bond acceptors (Lipinski definition) is 6. The maximum Gasteiger partial charge on any atom is 0.387 e. The third kappa shape index (κ3) is 6.33. The second-order valence-corrected chi connectivity index (χ2v) is 7.41. The Kier molecular flexibility index (Phi) is 7.92. The van der Waals surface area contributed by atoms with E-state index in [0.717, 1.165) is 32.6 Å². The van der Waals surface area contributed by atoms with Crippen LogP contribution in [0.1, 0.15) is 25.8 Å². The molecule has 1 aromatic carbocycles. The normalized spacial score (nSPS) is 21.7. The van der Waals surface area contributed by atoms with Crippen LogP contribution in [-0.2, 0) is 11.3 Å². The van der Waals surface area contributed by atoms with E-state index in [1.807, 2.05) is 0 Å². The Labute approximate surface area is 175 Å². The fourth-order valence-corrected chi connectivity index (χ4v) is 3.69. The first-order valence-corrected chi connectivity index (χ1v) is 10.1. The number of nitrogens with zero attached hydrogens (tertiary/aromatic N) is 2. The van der Waals surface area contributed by atoms with Gasteiger partial charge in [-0.3, -0.25) is 9.89 Å². The van der Waals surface area contributed by atoms with Crippen molar-refractivity contribution in [2.24, 2.45) is 4.99 Å². The number of aliphatic imine (C=N–C) groups is 1. The fourth-order valence-electron chi connectivity index (χ4n) is 3.69. The molecule has 0 radical (unpaired) electrons. The van der Waals surface area contributed by atoms with Crippen LogP contribution < -0.4 is 24.8 Å². The van der Waals surface area contributed by atoms with E-state index in [2.05, 4.69) is 39.1 Å². The highest BCUT2D eigenvalue weighted by Crippen LogP contribution is 2.38. The number of guanidine groups is 1. The van der Waals surface area contributed by atoms with Crippen LogP contribution >= 0.6 is 0 Å². The van der Waals surface area contributed by atoms with Crippen LogP contribution in [0.3, 0.4) is 0 Å². The summed E-state index contributed by atoms with van der Waals surface area (Å²) in [5, 5.41) is 6.38. The van der Waals surface area contributed by atoms with Gasteiger partial charge in [-0.2, -0.15) is 8.78 Å². The van der Waals surface area contributed by atoms with Gasteiger partial charge >= 0.3 is 6.61 Å². The highest BCUT2D eigenvalue weighted by atomic mass is 19.3. The predicted octanol–water partition coefficient (Wildman–Crippen LogP) is 2.18. The molecule has 2 unspecified atom stereocenters. The molecule has 168 valence electrons. The van der Waals surface area contributed by atoms with Crippen molar-refractivity contribution in [2.45, 2.75) is 45.6 Å². The lowest BCUT2D eigenvalue weighted by molar-refractivity contribution is -0.0679. The summed E-state index contributed by atoms with van der Waals surface area (Å²) in [6.07, 6.45) is 1.45. The lowest BCUT2D eigenvalue weighted by Crippen LogP contribution is -2.46. The number of rotatable bonds is 8. The Bertz CT molecular complexity index is 725. The molecular weight excluding hydrogens is 398 g/mol. The summed E-state index contributed by atoms with van der Waals surface area (Å²) in [6, 6.07) is 3.06. The van der Waals surface area contributed by atoms with Gasteiger partial charge in [-0.15, -0.1) is 0 Å². The standard InChI is InChI=1S/C20H30F2N4O4/c1-13-10-26(11-14(2)29-13)6-4-5-24-20(23-3)25-9-15-7-17-18(28-12-27-17)8-16(15)30-19(21)22/h7-8,13-14,19H,4-6,9-12H2,1-3H3,(H2,23,24,25). The first-order chi connectivity index (χ1) is 14.4. The number of alkyl halides is 2. The van der Waals surface area contributed by atoms with Gasteiger partial charge in [0.25, 0.3) is 0 Å². The average Bonchev–Trinajstić information content (AvgIpc) is 3.13. The number of halogens is 2. The second-order valence-electron chi connectivity index (χ2n) is 7.41. The second kappa shape index (κ2) is 10.6. The van der Waals surface area contributed by atoms with Crippen molar-refractivity contribution in [3.8, 4) is 17.2 Å². The van der Waals surface area contributed by atoms with Gasteiger partial charge in [0.15, 0.2) is 17.5 Å². The molecule has 10 heteroatoms. The van der Waals surface area contributed by atoms with Crippen LogP contribution in [0.5, 0.6) is 17.2 Å². The zero-order valence-corrected chi connectivity index (χ0v) is 17.6. The summed E-state index contributed by atoms with van der Waals surface area (Å²) < 4.78 is 46.5. The van der Waals surface area contributed by atoms with E-state index in [1.165, 1.54) is 6.07 Å². The Balaban J connectivity index is 1.47. The fraction of sp³-hybridized carbons (Fsp3) is 0.650. The monoisotopic (exact) mass is 428 g/mol. The summed E-state index contributed by atoms with van der Waals surface area (Å²) in [6.45, 7) is 5.15. The number of benzene rings is 1. The van der Waals surface area contributed by atoms with Crippen LogP contribution in [0.15, 0.2) is 17.1 Å². The van der Waals surface area contributed by atoms with Gasteiger partial charge in [-0.25, -0.2) is 0 Å². The maximum absolute atomic E-state index is 12.8. The van der Waals surface area contributed by atoms with Crippen molar-refractivity contribution < 1.29 is 27.7 Å². The van der Waals surface area contributed by atoms with E-state index < -0.39 is 6.61 Å². The highest BCUT2D eigenvalue weighted by molar-refractivity contribution is 5.79. The van der Waals surface area contributed by atoms with Crippen molar-refractivity contribution in [2.75, 3.05) is 40.0 Å². The zero-order chi connectivity index (χ0) is 21.5. The average molecular weight is 428 g/mol. The minimum atomic E-state index is -2.92. The third-order valence-electron chi connectivity index (χ3n) is 4.88. The van der Waals surface area contributed by atoms with Crippen LogP contribution in [0.2, 0.25) is 0 Å². The lowest BCUT2D eigenvalue weighted by atomic mass is 10.1. The van der Waals surface area contributed by atoms with E-state index in [9.17, 15) is 8.78 Å². The molecule has 0 saturated carbocycles. The number of fused-ring (bicyclic) bond motifs is 1. The first kappa shape index (κ1) is 22.4. The minimum Gasteiger partial charge on any atom is -0.454 e. The van der Waals surface area contributed by atoms with Crippen molar-refractivity contribution >= 4 is 5.96 Å². The molecule has 3 rings (SSSR count). The molecule has 8 nitrogen and oxygen atoms in total. The molecule has 0 aliphatic carbocycles. The minimum absolute atomic E-state index is 0.0489. The third-order valence-corrected chi connectivity index (χ3v) is 4.88. The molecule has 2 atom stereocenters. The van der Waals surface area contributed by atoms with Crippen LogP contribution in [0.25, 0.3) is 0 Å². The molecule has 1 fully saturated rings. The SMILES string of the molecule is CN=C(NCCCN1CC(C)OC(C)C1)NCc1cc2c(cc1OC(F)F)OCO2. The molecule has 30 heavy (non-hydrogen) atoms. The molecular formula is C20H30F2N4O4. The Morgan fingerprint density at radius 2 is 1.90 bits per heavy atom. The first-order valence-electron chi connectivity index (χ1n) is 10.1. The van der Waals surface area contributed by atoms with Crippen LogP contribution in [0, 0.1) is 0 Å². The largest absolute Gasteiger partial charge is 0.454 e. The lowest BCUT2D eigenvalue weighted by Gasteiger charge is -2.35. The summed E-state index contributed by atoms with van der Waals surface area (Å²) in [5.74, 6) is 1.53. The molecule has 1 saturated heterocycles. The van der Waals surface area contributed by atoms with Gasteiger partial charge in [0.1, 0.15) is 5.75 Å². The molecule has 0 aromatic heterocycles. The number of morpholine rings is 1. The van der Waals surface area contributed by atoms with E-state index in [0.29, 0.717) is 23.0 Å². The van der Waals surface area contributed by atoms with E-state index in [1.54, 1.807) is 13.1 Å². The number of ether oxygens (including phenoxy) is 4. The van der Waals surface area contributed by atoms with Crippen molar-refractivity contribution in [1.82, 2.24) is 15.5 Å². The van der Waals surface area contributed by atoms with Crippen molar-refractivity contribution in [1.29, 1.82) is 0 Å². The molecule has 1 aromatic rings. The molecule has 2 aliphatic heterocycles. The predicted molar refractivity (Wildman–Crippen MR) is 108 cm³/mol. The highest BCUT2D eigenvalue weighted by Gasteiger charge is 2.22. The smallest absolute Gasteiger partial charge is 0.387 e. The molecule has 2 N–H and O–H groups in total. The molecule has 0 spiro atoms. The maximum atomic E-state index is 12.8. The van der Waals surface area contributed by atoms with Gasteiger partial charge in [0, 0.05) is 51.4 Å². The quantitative estimate of drug-likeness (QED) is 0.373. The summed E-state index contributed by atoms with van der Waals surface area (Å²) in [5.41, 5.74) is 0.527. The van der Waals surface area contributed by atoms with Crippen LogP contribution in [0.4, 0.5) is 8.78 Å². The number of nitrogens with one attached hydrogen (secondary N) is 2. The Morgan fingerprint density at radius 3 is 2.57 bits per heavy atom. The summed E-state index contributed by atoms with van der Waals surface area (Å²) >= 11 is 0. The Hall–Kier alpha value is -2.33. The van der Waals surface area contributed by atoms with Crippen molar-refractivity contribution in [3.63, 3.8) is 0 Å². The van der Waals surface area contributed by atoms with Gasteiger partial charge < -0.3 is 29.6 Å². The Morgan fingerprint density at radius 1 is 1.20 bits per heavy atom. The van der Waals surface area contributed by atoms with E-state index >= 15 is 0 Å². The van der Waals surface area contributed by atoms with Crippen LogP contribution in [-0.4, -0.2) is 69.7 Å². The summed E-state index contributed by atoms with van der Waals surface area (Å²) in [4.78, 5) is 6.59. The topological polar surface area (TPSA) is 76.6 Å². The van der Waals surface area contributed by atoms with Gasteiger partial charge in [-0.1, -0.05) is 0 Å². The molecule has 0 bridgehead atoms. The van der Waals surface area contributed by atoms with Gasteiger partial charge in [0.2, 0.25) is 6.79 Å². The molecule has 0 amide bonds. The van der Waals surface area contributed by atoms with E-state index in [-0.39, 0.29) is 31.3 Å². The van der Waals surface area contributed by atoms with Gasteiger partial charge in [-0.05, 0) is 26.3 Å². The zero-order valence-electron chi connectivity index (χ0n) is 17.6. The van der Waals surface area contributed by atoms with Crippen molar-refractivity contribution in [3.05, 3.63) is 17.7 Å². The molecule has 2 heterocycles. The summed E-state index contributed by atoms with van der Waals surface area (Å²) in [7, 11) is 1.66. The number of hydrogen-bond donors (Lipinski definition) is 2. The van der Waals surface area contributed by atoms with E-state index in [4.69, 9.17) is 14.2 Å².